The number of sulfonamides is 1. The second kappa shape index (κ2) is 8.28. The van der Waals surface area contributed by atoms with Gasteiger partial charge in [0.05, 0.1) is 10.8 Å². The molecule has 30 heavy (non-hydrogen) atoms. The highest BCUT2D eigenvalue weighted by molar-refractivity contribution is 7.89. The summed E-state index contributed by atoms with van der Waals surface area (Å²) in [5.41, 5.74) is 2.05. The van der Waals surface area contributed by atoms with Gasteiger partial charge < -0.3 is 14.2 Å². The van der Waals surface area contributed by atoms with Gasteiger partial charge in [-0.15, -0.1) is 0 Å². The van der Waals surface area contributed by atoms with E-state index in [-0.39, 0.29) is 29.9 Å². The van der Waals surface area contributed by atoms with E-state index in [1.807, 2.05) is 32.0 Å². The summed E-state index contributed by atoms with van der Waals surface area (Å²) in [7, 11) is -3.67. The minimum atomic E-state index is -3.67. The number of ether oxygens (including phenoxy) is 3. The third-order valence-electron chi connectivity index (χ3n) is 5.35. The van der Waals surface area contributed by atoms with Crippen molar-refractivity contribution in [3.05, 3.63) is 47.5 Å². The largest absolute Gasteiger partial charge is 0.486 e. The first-order valence-corrected chi connectivity index (χ1v) is 11.5. The van der Waals surface area contributed by atoms with Gasteiger partial charge in [-0.3, -0.25) is 4.79 Å². The van der Waals surface area contributed by atoms with Gasteiger partial charge in [0.2, 0.25) is 10.0 Å². The molecular weight excluding hydrogens is 406 g/mol. The Morgan fingerprint density at radius 1 is 0.967 bits per heavy atom. The normalized spacial score (nSPS) is 17.5. The van der Waals surface area contributed by atoms with Crippen LogP contribution in [0.2, 0.25) is 0 Å². The van der Waals surface area contributed by atoms with E-state index in [0.29, 0.717) is 43.3 Å². The van der Waals surface area contributed by atoms with Gasteiger partial charge in [0, 0.05) is 19.2 Å². The average Bonchev–Trinajstić information content (AvgIpc) is 2.72. The molecule has 0 aliphatic carbocycles. The second-order valence-electron chi connectivity index (χ2n) is 7.73. The van der Waals surface area contributed by atoms with Crippen LogP contribution >= 0.6 is 0 Å². The van der Waals surface area contributed by atoms with Gasteiger partial charge in [0.25, 0.3) is 0 Å². The number of rotatable bonds is 4. The van der Waals surface area contributed by atoms with Crippen molar-refractivity contribution in [1.82, 2.24) is 4.31 Å². The summed E-state index contributed by atoms with van der Waals surface area (Å²) in [5.74, 6) is 0.889. The molecule has 0 aromatic heterocycles. The Balaban J connectivity index is 1.40. The van der Waals surface area contributed by atoms with Crippen LogP contribution in [0.25, 0.3) is 0 Å². The fraction of sp³-hybridized carbons (Fsp3) is 0.409. The van der Waals surface area contributed by atoms with Gasteiger partial charge in [-0.2, -0.15) is 4.31 Å². The van der Waals surface area contributed by atoms with Crippen molar-refractivity contribution in [2.24, 2.45) is 5.92 Å². The molecule has 2 aliphatic rings. The predicted octanol–water partition coefficient (Wildman–Crippen LogP) is 3.08. The quantitative estimate of drug-likeness (QED) is 0.547. The lowest BCUT2D eigenvalue weighted by Gasteiger charge is -2.30. The van der Waals surface area contributed by atoms with Crippen LogP contribution in [0.5, 0.6) is 17.2 Å². The Kier molecular flexibility index (Phi) is 5.71. The van der Waals surface area contributed by atoms with Crippen molar-refractivity contribution in [2.75, 3.05) is 26.3 Å². The monoisotopic (exact) mass is 431 g/mol. The van der Waals surface area contributed by atoms with Gasteiger partial charge >= 0.3 is 5.97 Å². The van der Waals surface area contributed by atoms with Crippen LogP contribution in [0.15, 0.2) is 41.3 Å². The fourth-order valence-electron chi connectivity index (χ4n) is 3.86. The molecule has 7 nitrogen and oxygen atoms in total. The number of hydrogen-bond acceptors (Lipinski definition) is 6. The second-order valence-corrected chi connectivity index (χ2v) is 9.67. The van der Waals surface area contributed by atoms with Crippen molar-refractivity contribution in [3.8, 4) is 17.2 Å². The molecule has 0 bridgehead atoms. The highest BCUT2D eigenvalue weighted by Gasteiger charge is 2.33. The zero-order chi connectivity index (χ0) is 21.3. The van der Waals surface area contributed by atoms with Crippen molar-refractivity contribution in [3.63, 3.8) is 0 Å². The molecule has 2 aromatic carbocycles. The topological polar surface area (TPSA) is 82.1 Å². The number of fused-ring (bicyclic) bond motifs is 1. The lowest BCUT2D eigenvalue weighted by atomic mass is 9.98. The number of aryl methyl sites for hydroxylation is 2. The fourth-order valence-corrected chi connectivity index (χ4v) is 5.34. The maximum atomic E-state index is 13.0. The molecule has 1 fully saturated rings. The van der Waals surface area contributed by atoms with Crippen LogP contribution in [-0.4, -0.2) is 45.0 Å². The summed E-state index contributed by atoms with van der Waals surface area (Å²) in [6.07, 6.45) is 0.848. The minimum absolute atomic E-state index is 0.169. The smallest absolute Gasteiger partial charge is 0.314 e. The Labute approximate surface area is 176 Å². The summed E-state index contributed by atoms with van der Waals surface area (Å²) in [5, 5.41) is 0. The first-order chi connectivity index (χ1) is 14.3. The Morgan fingerprint density at radius 3 is 2.27 bits per heavy atom. The standard InChI is InChI=1S/C22H25NO6S/c1-15-11-16(2)13-18(12-15)29-22(24)17-5-7-23(8-6-17)30(25,26)19-3-4-20-21(14-19)28-10-9-27-20/h3-4,11-14,17H,5-10H2,1-2H3. The maximum absolute atomic E-state index is 13.0. The number of benzene rings is 2. The Bertz CT molecular complexity index is 1040. The van der Waals surface area contributed by atoms with E-state index in [4.69, 9.17) is 14.2 Å². The van der Waals surface area contributed by atoms with Crippen molar-refractivity contribution < 1.29 is 27.4 Å². The molecule has 2 aliphatic heterocycles. The van der Waals surface area contributed by atoms with Crippen LogP contribution in [-0.2, 0) is 14.8 Å². The van der Waals surface area contributed by atoms with E-state index in [2.05, 4.69) is 0 Å². The van der Waals surface area contributed by atoms with Crippen LogP contribution in [0.1, 0.15) is 24.0 Å². The molecule has 0 saturated carbocycles. The van der Waals surface area contributed by atoms with E-state index >= 15 is 0 Å². The number of piperidine rings is 1. The zero-order valence-corrected chi connectivity index (χ0v) is 17.9. The Hall–Kier alpha value is -2.58. The van der Waals surface area contributed by atoms with E-state index in [9.17, 15) is 13.2 Å². The van der Waals surface area contributed by atoms with E-state index in [0.717, 1.165) is 11.1 Å². The van der Waals surface area contributed by atoms with E-state index < -0.39 is 10.0 Å². The number of carbonyl (C=O) groups excluding carboxylic acids is 1. The van der Waals surface area contributed by atoms with Gasteiger partial charge in [-0.25, -0.2) is 8.42 Å². The van der Waals surface area contributed by atoms with Crippen LogP contribution in [0, 0.1) is 19.8 Å². The lowest BCUT2D eigenvalue weighted by molar-refractivity contribution is -0.140. The van der Waals surface area contributed by atoms with Crippen molar-refractivity contribution in [2.45, 2.75) is 31.6 Å². The third-order valence-corrected chi connectivity index (χ3v) is 7.25. The molecular formula is C22H25NO6S. The molecule has 4 rings (SSSR count). The minimum Gasteiger partial charge on any atom is -0.486 e. The van der Waals surface area contributed by atoms with E-state index in [1.165, 1.54) is 16.4 Å². The number of carbonyl (C=O) groups is 1. The lowest BCUT2D eigenvalue weighted by Crippen LogP contribution is -2.41. The highest BCUT2D eigenvalue weighted by atomic mass is 32.2. The molecule has 0 amide bonds. The molecule has 2 heterocycles. The highest BCUT2D eigenvalue weighted by Crippen LogP contribution is 2.34. The molecule has 0 radical (unpaired) electrons. The van der Waals surface area contributed by atoms with Gasteiger partial charge in [0.1, 0.15) is 19.0 Å². The number of esters is 1. The summed E-state index contributed by atoms with van der Waals surface area (Å²) < 4.78 is 44.0. The first kappa shape index (κ1) is 20.7. The molecule has 8 heteroatoms. The van der Waals surface area contributed by atoms with Crippen molar-refractivity contribution >= 4 is 16.0 Å². The zero-order valence-electron chi connectivity index (χ0n) is 17.1. The summed E-state index contributed by atoms with van der Waals surface area (Å²) in [6, 6.07) is 10.3. The molecule has 1 saturated heterocycles. The summed E-state index contributed by atoms with van der Waals surface area (Å²) in [4.78, 5) is 12.7. The van der Waals surface area contributed by atoms with Gasteiger partial charge in [-0.1, -0.05) is 6.07 Å². The van der Waals surface area contributed by atoms with Crippen molar-refractivity contribution in [1.29, 1.82) is 0 Å². The summed E-state index contributed by atoms with van der Waals surface area (Å²) >= 11 is 0. The van der Waals surface area contributed by atoms with Crippen LogP contribution in [0.4, 0.5) is 0 Å². The molecule has 2 aromatic rings. The average molecular weight is 432 g/mol. The van der Waals surface area contributed by atoms with Crippen LogP contribution in [0.3, 0.4) is 0 Å². The van der Waals surface area contributed by atoms with Gasteiger partial charge in [0.15, 0.2) is 11.5 Å². The third kappa shape index (κ3) is 4.29. The Morgan fingerprint density at radius 2 is 1.60 bits per heavy atom. The SMILES string of the molecule is Cc1cc(C)cc(OC(=O)C2CCN(S(=O)(=O)c3ccc4c(c3)OCCO4)CC2)c1. The maximum Gasteiger partial charge on any atom is 0.314 e. The van der Waals surface area contributed by atoms with Crippen LogP contribution < -0.4 is 14.2 Å². The summed E-state index contributed by atoms with van der Waals surface area (Å²) in [6.45, 7) is 5.28. The molecule has 160 valence electrons. The molecule has 0 N–H and O–H groups in total. The number of hydrogen-bond donors (Lipinski definition) is 0. The van der Waals surface area contributed by atoms with E-state index in [1.54, 1.807) is 6.07 Å². The predicted molar refractivity (Wildman–Crippen MR) is 110 cm³/mol. The number of nitrogens with zero attached hydrogens (tertiary/aromatic N) is 1. The molecule has 0 unspecified atom stereocenters. The first-order valence-electron chi connectivity index (χ1n) is 10.0. The van der Waals surface area contributed by atoms with Gasteiger partial charge in [-0.05, 0) is 62.1 Å². The molecule has 0 atom stereocenters. The molecule has 0 spiro atoms.